The molecule has 3 rings (SSSR count). The lowest BCUT2D eigenvalue weighted by Crippen LogP contribution is -2.19. The Bertz CT molecular complexity index is 669. The predicted molar refractivity (Wildman–Crippen MR) is 120 cm³/mol. The van der Waals surface area contributed by atoms with Crippen LogP contribution in [0.1, 0.15) is 51.2 Å². The molecular weight excluding hydrogens is 360 g/mol. The van der Waals surface area contributed by atoms with Crippen LogP contribution in [0.3, 0.4) is 0 Å². The van der Waals surface area contributed by atoms with Crippen LogP contribution in [0.25, 0.3) is 0 Å². The van der Waals surface area contributed by atoms with Crippen molar-refractivity contribution >= 4 is 0 Å². The summed E-state index contributed by atoms with van der Waals surface area (Å²) >= 11 is 0. The van der Waals surface area contributed by atoms with Crippen LogP contribution in [0.15, 0.2) is 72.8 Å². The zero-order valence-electron chi connectivity index (χ0n) is 18.1. The summed E-state index contributed by atoms with van der Waals surface area (Å²) in [5, 5.41) is 0. The van der Waals surface area contributed by atoms with Crippen molar-refractivity contribution in [2.45, 2.75) is 71.6 Å². The molecule has 2 aromatic carbocycles. The minimum absolute atomic E-state index is 0.143. The van der Waals surface area contributed by atoms with E-state index in [2.05, 4.69) is 57.2 Å². The second kappa shape index (κ2) is 14.1. The van der Waals surface area contributed by atoms with Crippen LogP contribution in [0.4, 0.5) is 0 Å². The summed E-state index contributed by atoms with van der Waals surface area (Å²) < 4.78 is 17.1. The molecule has 0 N–H and O–H groups in total. The minimum atomic E-state index is 0.143. The molecule has 29 heavy (non-hydrogen) atoms. The fraction of sp³-hybridized carbons (Fsp3) is 0.462. The molecule has 0 bridgehead atoms. The molecule has 0 heterocycles. The zero-order chi connectivity index (χ0) is 20.7. The molecule has 0 aliphatic heterocycles. The average Bonchev–Trinajstić information content (AvgIpc) is 3.30. The lowest BCUT2D eigenvalue weighted by molar-refractivity contribution is -0.0303. The van der Waals surface area contributed by atoms with E-state index in [9.17, 15) is 0 Å². The third kappa shape index (κ3) is 10.4. The Labute approximate surface area is 176 Å². The zero-order valence-corrected chi connectivity index (χ0v) is 18.1. The van der Waals surface area contributed by atoms with E-state index in [1.165, 1.54) is 11.1 Å². The molecule has 1 aliphatic carbocycles. The van der Waals surface area contributed by atoms with Crippen molar-refractivity contribution in [3.8, 4) is 0 Å². The largest absolute Gasteiger partial charge is 0.374 e. The quantitative estimate of drug-likeness (QED) is 0.439. The van der Waals surface area contributed by atoms with Gasteiger partial charge in [0.15, 0.2) is 0 Å². The van der Waals surface area contributed by atoms with Gasteiger partial charge >= 0.3 is 0 Å². The Hall–Kier alpha value is -1.94. The first-order valence-corrected chi connectivity index (χ1v) is 10.8. The second-order valence-corrected chi connectivity index (χ2v) is 7.50. The van der Waals surface area contributed by atoms with E-state index in [0.29, 0.717) is 25.4 Å². The standard InChI is InChI=1S/C15H20O2.C11H16O/c1-13(11-17-15-9-5-6-10-15)16-12-14-7-3-2-4-8-14;1-3-10(2)12-9-11-7-5-4-6-8-11/h2-5,7-9,13,15H,6,10-12H2,1H3;4-8,10H,3,9H2,1-2H3/t13-,15?;10-/m00/s1. The number of ether oxygens (including phenoxy) is 3. The van der Waals surface area contributed by atoms with Crippen LogP contribution in [-0.2, 0) is 27.4 Å². The normalized spacial score (nSPS) is 17.4. The fourth-order valence-corrected chi connectivity index (χ4v) is 2.79. The van der Waals surface area contributed by atoms with Crippen molar-refractivity contribution in [2.24, 2.45) is 0 Å². The highest BCUT2D eigenvalue weighted by atomic mass is 16.5. The van der Waals surface area contributed by atoms with Gasteiger partial charge in [0.2, 0.25) is 0 Å². The minimum Gasteiger partial charge on any atom is -0.374 e. The van der Waals surface area contributed by atoms with Gasteiger partial charge in [0.05, 0.1) is 38.1 Å². The fourth-order valence-electron chi connectivity index (χ4n) is 2.79. The van der Waals surface area contributed by atoms with Crippen molar-refractivity contribution in [1.29, 1.82) is 0 Å². The second-order valence-electron chi connectivity index (χ2n) is 7.50. The summed E-state index contributed by atoms with van der Waals surface area (Å²) in [7, 11) is 0. The van der Waals surface area contributed by atoms with Gasteiger partial charge in [0, 0.05) is 0 Å². The van der Waals surface area contributed by atoms with Gasteiger partial charge in [0.25, 0.3) is 0 Å². The van der Waals surface area contributed by atoms with Gasteiger partial charge in [-0.1, -0.05) is 79.7 Å². The number of hydrogen-bond donors (Lipinski definition) is 0. The third-order valence-electron chi connectivity index (χ3n) is 4.84. The molecule has 3 heteroatoms. The predicted octanol–water partition coefficient (Wildman–Crippen LogP) is 6.33. The first kappa shape index (κ1) is 23.3. The molecule has 2 aromatic rings. The third-order valence-corrected chi connectivity index (χ3v) is 4.84. The van der Waals surface area contributed by atoms with Gasteiger partial charge < -0.3 is 14.2 Å². The van der Waals surface area contributed by atoms with Crippen molar-refractivity contribution < 1.29 is 14.2 Å². The maximum Gasteiger partial charge on any atom is 0.0785 e. The van der Waals surface area contributed by atoms with Crippen molar-refractivity contribution in [3.05, 3.63) is 83.9 Å². The number of benzene rings is 2. The van der Waals surface area contributed by atoms with E-state index in [-0.39, 0.29) is 6.10 Å². The summed E-state index contributed by atoms with van der Waals surface area (Å²) in [5.41, 5.74) is 2.46. The lowest BCUT2D eigenvalue weighted by atomic mass is 10.2. The van der Waals surface area contributed by atoms with Crippen molar-refractivity contribution in [2.75, 3.05) is 6.61 Å². The summed E-state index contributed by atoms with van der Waals surface area (Å²) in [6.45, 7) is 8.35. The molecule has 0 amide bonds. The van der Waals surface area contributed by atoms with E-state index in [4.69, 9.17) is 14.2 Å². The lowest BCUT2D eigenvalue weighted by Gasteiger charge is -2.16. The summed E-state index contributed by atoms with van der Waals surface area (Å²) in [5.74, 6) is 0. The Morgan fingerprint density at radius 1 is 0.828 bits per heavy atom. The molecular formula is C26H36O3. The Morgan fingerprint density at radius 3 is 1.86 bits per heavy atom. The topological polar surface area (TPSA) is 27.7 Å². The molecule has 158 valence electrons. The Balaban J connectivity index is 0.000000221. The van der Waals surface area contributed by atoms with Gasteiger partial charge in [-0.05, 0) is 44.2 Å². The van der Waals surface area contributed by atoms with Gasteiger partial charge in [-0.25, -0.2) is 0 Å². The molecule has 3 nitrogen and oxygen atoms in total. The molecule has 1 aliphatic rings. The van der Waals surface area contributed by atoms with Crippen molar-refractivity contribution in [3.63, 3.8) is 0 Å². The molecule has 0 spiro atoms. The molecule has 0 radical (unpaired) electrons. The summed E-state index contributed by atoms with van der Waals surface area (Å²) in [4.78, 5) is 0. The van der Waals surface area contributed by atoms with Crippen LogP contribution in [-0.4, -0.2) is 24.9 Å². The highest BCUT2D eigenvalue weighted by Crippen LogP contribution is 2.13. The Kier molecular flexibility index (Phi) is 11.4. The highest BCUT2D eigenvalue weighted by molar-refractivity contribution is 5.14. The molecule has 1 unspecified atom stereocenters. The van der Waals surface area contributed by atoms with E-state index >= 15 is 0 Å². The van der Waals surface area contributed by atoms with E-state index in [0.717, 1.165) is 25.9 Å². The van der Waals surface area contributed by atoms with Crippen molar-refractivity contribution in [1.82, 2.24) is 0 Å². The first-order valence-electron chi connectivity index (χ1n) is 10.8. The molecule has 0 saturated carbocycles. The first-order chi connectivity index (χ1) is 14.2. The summed E-state index contributed by atoms with van der Waals surface area (Å²) in [6.07, 6.45) is 8.47. The van der Waals surface area contributed by atoms with Gasteiger partial charge in [-0.3, -0.25) is 0 Å². The smallest absolute Gasteiger partial charge is 0.0785 e. The molecule has 0 fully saturated rings. The van der Waals surface area contributed by atoms with Gasteiger partial charge in [-0.2, -0.15) is 0 Å². The van der Waals surface area contributed by atoms with Crippen LogP contribution >= 0.6 is 0 Å². The number of rotatable bonds is 10. The SMILES string of the molecule is CC[C@H](C)OCc1ccccc1.C[C@@H](COC1C=CCC1)OCc1ccccc1. The molecule has 3 atom stereocenters. The summed E-state index contributed by atoms with van der Waals surface area (Å²) in [6, 6.07) is 20.5. The van der Waals surface area contributed by atoms with Crippen LogP contribution in [0.2, 0.25) is 0 Å². The van der Waals surface area contributed by atoms with E-state index in [1.807, 2.05) is 36.4 Å². The van der Waals surface area contributed by atoms with Crippen LogP contribution < -0.4 is 0 Å². The Morgan fingerprint density at radius 2 is 1.38 bits per heavy atom. The maximum atomic E-state index is 5.74. The number of hydrogen-bond acceptors (Lipinski definition) is 3. The average molecular weight is 397 g/mol. The van der Waals surface area contributed by atoms with Crippen LogP contribution in [0.5, 0.6) is 0 Å². The molecule has 0 aromatic heterocycles. The molecule has 0 saturated heterocycles. The van der Waals surface area contributed by atoms with Gasteiger partial charge in [-0.15, -0.1) is 0 Å². The van der Waals surface area contributed by atoms with Crippen LogP contribution in [0, 0.1) is 0 Å². The van der Waals surface area contributed by atoms with E-state index < -0.39 is 0 Å². The number of allylic oxidation sites excluding steroid dienone is 1. The van der Waals surface area contributed by atoms with Gasteiger partial charge in [0.1, 0.15) is 0 Å². The highest BCUT2D eigenvalue weighted by Gasteiger charge is 2.11. The monoisotopic (exact) mass is 396 g/mol. The maximum absolute atomic E-state index is 5.74. The van der Waals surface area contributed by atoms with E-state index in [1.54, 1.807) is 0 Å².